The zero-order valence-corrected chi connectivity index (χ0v) is 18.2. The smallest absolute Gasteiger partial charge is 0.253 e. The fourth-order valence-corrected chi connectivity index (χ4v) is 4.77. The van der Waals surface area contributed by atoms with Gasteiger partial charge in [-0.25, -0.2) is 9.97 Å². The van der Waals surface area contributed by atoms with Gasteiger partial charge in [0.15, 0.2) is 0 Å². The molecule has 1 aliphatic heterocycles. The molecule has 7 nitrogen and oxygen atoms in total. The zero-order chi connectivity index (χ0) is 20.5. The summed E-state index contributed by atoms with van der Waals surface area (Å²) in [7, 11) is 0. The lowest BCUT2D eigenvalue weighted by Crippen LogP contribution is -2.36. The Morgan fingerprint density at radius 3 is 2.69 bits per heavy atom. The highest BCUT2D eigenvalue weighted by Gasteiger charge is 2.18. The third-order valence-electron chi connectivity index (χ3n) is 5.47. The number of aryl methyl sites for hydroxylation is 4. The van der Waals surface area contributed by atoms with Crippen LogP contribution in [0.3, 0.4) is 0 Å². The summed E-state index contributed by atoms with van der Waals surface area (Å²) in [6.45, 7) is 12.5. The minimum atomic E-state index is -0.0490. The maximum absolute atomic E-state index is 12.4. The SMILES string of the molecule is Cc1cc(C)c(CNc2nc(CN3CCOCC3)nc3sc(C)c(C)c23)c(=O)[nH]1. The number of nitrogens with zero attached hydrogens (tertiary/aromatic N) is 3. The number of H-pyrrole nitrogens is 1. The lowest BCUT2D eigenvalue weighted by atomic mass is 10.1. The highest BCUT2D eigenvalue weighted by atomic mass is 32.1. The Morgan fingerprint density at radius 1 is 1.21 bits per heavy atom. The number of nitrogens with one attached hydrogen (secondary N) is 2. The van der Waals surface area contributed by atoms with Crippen LogP contribution in [0.2, 0.25) is 0 Å². The van der Waals surface area contributed by atoms with Crippen LogP contribution in [-0.2, 0) is 17.8 Å². The van der Waals surface area contributed by atoms with Crippen molar-refractivity contribution >= 4 is 27.4 Å². The molecule has 0 aliphatic carbocycles. The van der Waals surface area contributed by atoms with Gasteiger partial charge in [-0.05, 0) is 44.9 Å². The predicted molar refractivity (Wildman–Crippen MR) is 117 cm³/mol. The van der Waals surface area contributed by atoms with Crippen LogP contribution in [0.5, 0.6) is 0 Å². The predicted octanol–water partition coefficient (Wildman–Crippen LogP) is 3.06. The van der Waals surface area contributed by atoms with E-state index >= 15 is 0 Å². The first kappa shape index (κ1) is 20.0. The molecular weight excluding hydrogens is 386 g/mol. The molecule has 4 heterocycles. The molecule has 0 atom stereocenters. The van der Waals surface area contributed by atoms with Crippen molar-refractivity contribution in [3.8, 4) is 0 Å². The average molecular weight is 414 g/mol. The van der Waals surface area contributed by atoms with Gasteiger partial charge < -0.3 is 15.0 Å². The summed E-state index contributed by atoms with van der Waals surface area (Å²) < 4.78 is 5.44. The summed E-state index contributed by atoms with van der Waals surface area (Å²) in [6.07, 6.45) is 0. The van der Waals surface area contributed by atoms with Crippen LogP contribution in [0.4, 0.5) is 5.82 Å². The van der Waals surface area contributed by atoms with Gasteiger partial charge in [-0.3, -0.25) is 9.69 Å². The van der Waals surface area contributed by atoms with Gasteiger partial charge in [0.25, 0.3) is 5.56 Å². The number of rotatable bonds is 5. The Balaban J connectivity index is 1.67. The summed E-state index contributed by atoms with van der Waals surface area (Å²) >= 11 is 1.70. The fraction of sp³-hybridized carbons (Fsp3) is 0.476. The van der Waals surface area contributed by atoms with Gasteiger partial charge in [-0.1, -0.05) is 0 Å². The molecule has 4 rings (SSSR count). The lowest BCUT2D eigenvalue weighted by Gasteiger charge is -2.25. The third-order valence-corrected chi connectivity index (χ3v) is 6.57. The molecule has 1 aliphatic rings. The topological polar surface area (TPSA) is 83.1 Å². The normalized spacial score (nSPS) is 15.2. The molecule has 1 fully saturated rings. The van der Waals surface area contributed by atoms with Crippen molar-refractivity contribution < 1.29 is 4.74 Å². The quantitative estimate of drug-likeness (QED) is 0.669. The number of morpholine rings is 1. The summed E-state index contributed by atoms with van der Waals surface area (Å²) in [5.74, 6) is 1.61. The second-order valence-electron chi connectivity index (χ2n) is 7.64. The van der Waals surface area contributed by atoms with E-state index in [9.17, 15) is 4.79 Å². The number of aromatic nitrogens is 3. The zero-order valence-electron chi connectivity index (χ0n) is 17.4. The Bertz CT molecular complexity index is 1100. The van der Waals surface area contributed by atoms with E-state index in [-0.39, 0.29) is 5.56 Å². The first-order valence-corrected chi connectivity index (χ1v) is 10.7. The third kappa shape index (κ3) is 4.19. The van der Waals surface area contributed by atoms with E-state index < -0.39 is 0 Å². The van der Waals surface area contributed by atoms with E-state index in [2.05, 4.69) is 29.0 Å². The molecule has 0 spiro atoms. The molecule has 0 bridgehead atoms. The number of anilines is 1. The Kier molecular flexibility index (Phi) is 5.67. The van der Waals surface area contributed by atoms with Gasteiger partial charge in [-0.15, -0.1) is 11.3 Å². The molecular formula is C21H27N5O2S. The lowest BCUT2D eigenvalue weighted by molar-refractivity contribution is 0.0331. The molecule has 0 radical (unpaired) electrons. The highest BCUT2D eigenvalue weighted by molar-refractivity contribution is 7.18. The number of ether oxygens (including phenoxy) is 1. The van der Waals surface area contributed by atoms with E-state index in [4.69, 9.17) is 14.7 Å². The number of thiophene rings is 1. The molecule has 3 aromatic rings. The van der Waals surface area contributed by atoms with Crippen molar-refractivity contribution in [1.29, 1.82) is 0 Å². The molecule has 3 aromatic heterocycles. The first-order chi connectivity index (χ1) is 13.9. The standard InChI is InChI=1S/C21H27N5O2S/c1-12-9-13(2)23-20(27)16(12)10-22-19-18-14(3)15(4)29-21(18)25-17(24-19)11-26-5-7-28-8-6-26/h9H,5-8,10-11H2,1-4H3,(H,23,27)(H,22,24,25). The van der Waals surface area contributed by atoms with Crippen molar-refractivity contribution in [1.82, 2.24) is 19.9 Å². The van der Waals surface area contributed by atoms with Crippen LogP contribution in [0.15, 0.2) is 10.9 Å². The minimum absolute atomic E-state index is 0.0490. The van der Waals surface area contributed by atoms with Crippen LogP contribution in [0.1, 0.15) is 33.1 Å². The largest absolute Gasteiger partial charge is 0.379 e. The molecule has 2 N–H and O–H groups in total. The summed E-state index contributed by atoms with van der Waals surface area (Å²) in [5, 5.41) is 4.48. The number of hydrogen-bond acceptors (Lipinski definition) is 7. The molecule has 8 heteroatoms. The summed E-state index contributed by atoms with van der Waals surface area (Å²) in [5.41, 5.74) is 3.74. The van der Waals surface area contributed by atoms with Gasteiger partial charge in [-0.2, -0.15) is 0 Å². The van der Waals surface area contributed by atoms with E-state index in [0.717, 1.165) is 65.0 Å². The number of pyridine rings is 1. The van der Waals surface area contributed by atoms with Crippen LogP contribution in [-0.4, -0.2) is 46.2 Å². The molecule has 0 amide bonds. The van der Waals surface area contributed by atoms with Crippen LogP contribution in [0, 0.1) is 27.7 Å². The Hall–Kier alpha value is -2.29. The van der Waals surface area contributed by atoms with Crippen molar-refractivity contribution in [3.05, 3.63) is 49.5 Å². The summed E-state index contributed by atoms with van der Waals surface area (Å²) in [6, 6.07) is 2.00. The Morgan fingerprint density at radius 2 is 1.97 bits per heavy atom. The van der Waals surface area contributed by atoms with E-state index in [1.54, 1.807) is 11.3 Å². The molecule has 0 unspecified atom stereocenters. The summed E-state index contributed by atoms with van der Waals surface area (Å²) in [4.78, 5) is 29.5. The van der Waals surface area contributed by atoms with Crippen molar-refractivity contribution in [2.75, 3.05) is 31.6 Å². The number of fused-ring (bicyclic) bond motifs is 1. The van der Waals surface area contributed by atoms with Crippen molar-refractivity contribution in [2.45, 2.75) is 40.8 Å². The minimum Gasteiger partial charge on any atom is -0.379 e. The average Bonchev–Trinajstić information content (AvgIpc) is 2.95. The van der Waals surface area contributed by atoms with Gasteiger partial charge in [0.1, 0.15) is 16.5 Å². The molecule has 1 saturated heterocycles. The maximum Gasteiger partial charge on any atom is 0.253 e. The second kappa shape index (κ2) is 8.22. The molecule has 0 aromatic carbocycles. The number of hydrogen-bond donors (Lipinski definition) is 2. The van der Waals surface area contributed by atoms with E-state index in [1.165, 1.54) is 10.4 Å². The van der Waals surface area contributed by atoms with Gasteiger partial charge in [0.2, 0.25) is 0 Å². The molecule has 154 valence electrons. The van der Waals surface area contributed by atoms with E-state index in [1.807, 2.05) is 19.9 Å². The van der Waals surface area contributed by atoms with E-state index in [0.29, 0.717) is 13.1 Å². The monoisotopic (exact) mass is 413 g/mol. The maximum atomic E-state index is 12.4. The fourth-order valence-electron chi connectivity index (χ4n) is 3.73. The first-order valence-electron chi connectivity index (χ1n) is 9.92. The van der Waals surface area contributed by atoms with Crippen molar-refractivity contribution in [2.24, 2.45) is 0 Å². The van der Waals surface area contributed by atoms with Crippen LogP contribution >= 0.6 is 11.3 Å². The second-order valence-corrected chi connectivity index (χ2v) is 8.84. The van der Waals surface area contributed by atoms with Gasteiger partial charge >= 0.3 is 0 Å². The van der Waals surface area contributed by atoms with Gasteiger partial charge in [0, 0.05) is 35.8 Å². The van der Waals surface area contributed by atoms with Crippen LogP contribution < -0.4 is 10.9 Å². The number of aromatic amines is 1. The van der Waals surface area contributed by atoms with Crippen molar-refractivity contribution in [3.63, 3.8) is 0 Å². The Labute approximate surface area is 174 Å². The van der Waals surface area contributed by atoms with Crippen LogP contribution in [0.25, 0.3) is 10.2 Å². The highest BCUT2D eigenvalue weighted by Crippen LogP contribution is 2.33. The van der Waals surface area contributed by atoms with Gasteiger partial charge in [0.05, 0.1) is 25.1 Å². The molecule has 0 saturated carbocycles. The molecule has 29 heavy (non-hydrogen) atoms.